The van der Waals surface area contributed by atoms with Gasteiger partial charge in [0.05, 0.1) is 23.6 Å². The zero-order valence-corrected chi connectivity index (χ0v) is 13.0. The molecule has 3 heterocycles. The third kappa shape index (κ3) is 1.97. The number of hydrogen-bond donors (Lipinski definition) is 0. The molecule has 0 saturated carbocycles. The topological polar surface area (TPSA) is 48.0 Å². The highest BCUT2D eigenvalue weighted by atomic mass is 35.5. The summed E-state index contributed by atoms with van der Waals surface area (Å²) in [6, 6.07) is 10.0. The van der Waals surface area contributed by atoms with Gasteiger partial charge in [-0.2, -0.15) is 10.2 Å². The lowest BCUT2D eigenvalue weighted by Gasteiger charge is -2.11. The van der Waals surface area contributed by atoms with Crippen molar-refractivity contribution in [1.29, 1.82) is 0 Å². The average molecular weight is 312 g/mol. The van der Waals surface area contributed by atoms with E-state index in [4.69, 9.17) is 11.6 Å². The number of rotatable bonds is 2. The highest BCUT2D eigenvalue weighted by molar-refractivity contribution is 6.29. The molecule has 0 fully saturated rings. The van der Waals surface area contributed by atoms with Crippen LogP contribution in [0.5, 0.6) is 0 Å². The van der Waals surface area contributed by atoms with Crippen LogP contribution in [0.1, 0.15) is 24.1 Å². The molecule has 1 aromatic carbocycles. The van der Waals surface area contributed by atoms with Crippen molar-refractivity contribution in [2.24, 2.45) is 7.05 Å². The summed E-state index contributed by atoms with van der Waals surface area (Å²) in [6.07, 6.45) is 3.74. The van der Waals surface area contributed by atoms with Gasteiger partial charge in [-0.05, 0) is 29.8 Å². The zero-order valence-electron chi connectivity index (χ0n) is 12.2. The maximum absolute atomic E-state index is 6.01. The lowest BCUT2D eigenvalue weighted by Crippen LogP contribution is -2.03. The van der Waals surface area contributed by atoms with Gasteiger partial charge >= 0.3 is 0 Å². The first kappa shape index (κ1) is 13.3. The molecule has 0 spiro atoms. The molecule has 0 N–H and O–H groups in total. The van der Waals surface area contributed by atoms with E-state index in [0.717, 1.165) is 22.2 Å². The van der Waals surface area contributed by atoms with Crippen LogP contribution in [0.15, 0.2) is 42.7 Å². The second-order valence-electron chi connectivity index (χ2n) is 5.42. The molecule has 0 amide bonds. The average Bonchev–Trinajstić information content (AvgIpc) is 3.10. The van der Waals surface area contributed by atoms with E-state index < -0.39 is 0 Å². The summed E-state index contributed by atoms with van der Waals surface area (Å²) in [6.45, 7) is 2.14. The van der Waals surface area contributed by atoms with Crippen molar-refractivity contribution < 1.29 is 0 Å². The quantitative estimate of drug-likeness (QED) is 0.570. The fourth-order valence-corrected chi connectivity index (χ4v) is 2.92. The molecule has 4 aromatic rings. The van der Waals surface area contributed by atoms with Crippen molar-refractivity contribution in [3.05, 3.63) is 59.1 Å². The summed E-state index contributed by atoms with van der Waals surface area (Å²) < 4.78 is 3.68. The molecule has 22 heavy (non-hydrogen) atoms. The first-order chi connectivity index (χ1) is 10.6. The van der Waals surface area contributed by atoms with Crippen LogP contribution in [0.3, 0.4) is 0 Å². The molecule has 4 rings (SSSR count). The number of nitrogens with zero attached hydrogens (tertiary/aromatic N) is 5. The minimum Gasteiger partial charge on any atom is -0.268 e. The van der Waals surface area contributed by atoms with E-state index in [1.165, 1.54) is 5.56 Å². The molecule has 5 nitrogen and oxygen atoms in total. The third-order valence-corrected chi connectivity index (χ3v) is 4.27. The fourth-order valence-electron chi connectivity index (χ4n) is 2.79. The summed E-state index contributed by atoms with van der Waals surface area (Å²) in [7, 11) is 1.95. The van der Waals surface area contributed by atoms with Gasteiger partial charge in [-0.15, -0.1) is 0 Å². The summed E-state index contributed by atoms with van der Waals surface area (Å²) in [4.78, 5) is 4.40. The number of aromatic nitrogens is 5. The van der Waals surface area contributed by atoms with Gasteiger partial charge in [0.1, 0.15) is 5.15 Å². The van der Waals surface area contributed by atoms with E-state index in [0.29, 0.717) is 5.15 Å². The molecule has 0 saturated heterocycles. The molecule has 3 aromatic heterocycles. The van der Waals surface area contributed by atoms with E-state index in [1.807, 2.05) is 30.2 Å². The molecular weight excluding hydrogens is 298 g/mol. The van der Waals surface area contributed by atoms with Crippen molar-refractivity contribution in [3.63, 3.8) is 0 Å². The Hall–Kier alpha value is -2.40. The first-order valence-electron chi connectivity index (χ1n) is 7.05. The number of fused-ring (bicyclic) bond motifs is 2. The predicted octanol–water partition coefficient (Wildman–Crippen LogP) is 3.42. The van der Waals surface area contributed by atoms with E-state index in [1.54, 1.807) is 10.6 Å². The number of imidazole rings is 1. The molecule has 6 heteroatoms. The Labute approximate surface area is 132 Å². The standard InChI is InChI=1S/C16H14ClN5/c1-10(11-3-4-13-12(7-11)8-19-21(13)2)14-9-18-16-6-5-15(17)20-22(14)16/h3-10H,1-2H3/t10-/m0/s1. The van der Waals surface area contributed by atoms with Crippen molar-refractivity contribution in [1.82, 2.24) is 24.4 Å². The smallest absolute Gasteiger partial charge is 0.153 e. The van der Waals surface area contributed by atoms with Gasteiger partial charge in [0.2, 0.25) is 0 Å². The van der Waals surface area contributed by atoms with E-state index in [-0.39, 0.29) is 5.92 Å². The number of halogens is 1. The molecule has 0 unspecified atom stereocenters. The van der Waals surface area contributed by atoms with Crippen molar-refractivity contribution >= 4 is 28.2 Å². The van der Waals surface area contributed by atoms with Gasteiger partial charge in [-0.3, -0.25) is 4.68 Å². The Morgan fingerprint density at radius 3 is 2.86 bits per heavy atom. The van der Waals surface area contributed by atoms with Crippen LogP contribution in [0.4, 0.5) is 0 Å². The molecule has 0 aliphatic rings. The second kappa shape index (κ2) is 4.81. The summed E-state index contributed by atoms with van der Waals surface area (Å²) in [5.41, 5.74) is 4.13. The Bertz CT molecular complexity index is 985. The molecule has 110 valence electrons. The van der Waals surface area contributed by atoms with Gasteiger partial charge in [-0.1, -0.05) is 24.6 Å². The first-order valence-corrected chi connectivity index (χ1v) is 7.43. The molecule has 1 atom stereocenters. The Balaban J connectivity index is 1.83. The fraction of sp³-hybridized carbons (Fsp3) is 0.188. The van der Waals surface area contributed by atoms with Gasteiger partial charge in [0.25, 0.3) is 0 Å². The van der Waals surface area contributed by atoms with Gasteiger partial charge in [-0.25, -0.2) is 9.50 Å². The second-order valence-corrected chi connectivity index (χ2v) is 5.80. The van der Waals surface area contributed by atoms with E-state index in [2.05, 4.69) is 40.3 Å². The van der Waals surface area contributed by atoms with Crippen molar-refractivity contribution in [2.75, 3.05) is 0 Å². The minimum absolute atomic E-state index is 0.158. The van der Waals surface area contributed by atoms with Crippen LogP contribution >= 0.6 is 11.6 Å². The third-order valence-electron chi connectivity index (χ3n) is 4.07. The van der Waals surface area contributed by atoms with Gasteiger partial charge < -0.3 is 0 Å². The largest absolute Gasteiger partial charge is 0.268 e. The predicted molar refractivity (Wildman–Crippen MR) is 86.2 cm³/mol. The monoisotopic (exact) mass is 311 g/mol. The Morgan fingerprint density at radius 2 is 2.00 bits per heavy atom. The van der Waals surface area contributed by atoms with Crippen LogP contribution in [0.25, 0.3) is 16.6 Å². The van der Waals surface area contributed by atoms with Crippen LogP contribution in [-0.2, 0) is 7.05 Å². The normalized spacial score (nSPS) is 13.0. The maximum atomic E-state index is 6.01. The van der Waals surface area contributed by atoms with Gasteiger partial charge in [0.15, 0.2) is 5.65 Å². The summed E-state index contributed by atoms with van der Waals surface area (Å²) in [5, 5.41) is 10.2. The molecule has 0 aliphatic carbocycles. The highest BCUT2D eigenvalue weighted by Gasteiger charge is 2.15. The van der Waals surface area contributed by atoms with Crippen LogP contribution in [0.2, 0.25) is 5.15 Å². The minimum atomic E-state index is 0.158. The maximum Gasteiger partial charge on any atom is 0.153 e. The summed E-state index contributed by atoms with van der Waals surface area (Å²) in [5.74, 6) is 0.158. The SMILES string of the molecule is C[C@@H](c1ccc2c(cnn2C)c1)c1cnc2ccc(Cl)nn12. The number of aryl methyl sites for hydroxylation is 1. The molecule has 0 aliphatic heterocycles. The van der Waals surface area contributed by atoms with E-state index >= 15 is 0 Å². The lowest BCUT2D eigenvalue weighted by atomic mass is 9.97. The highest BCUT2D eigenvalue weighted by Crippen LogP contribution is 2.27. The number of benzene rings is 1. The Kier molecular flexibility index (Phi) is 2.90. The zero-order chi connectivity index (χ0) is 15.3. The van der Waals surface area contributed by atoms with Crippen LogP contribution < -0.4 is 0 Å². The molecular formula is C16H14ClN5. The Morgan fingerprint density at radius 1 is 1.14 bits per heavy atom. The van der Waals surface area contributed by atoms with E-state index in [9.17, 15) is 0 Å². The van der Waals surface area contributed by atoms with Crippen molar-refractivity contribution in [3.8, 4) is 0 Å². The van der Waals surface area contributed by atoms with Gasteiger partial charge in [0, 0.05) is 18.4 Å². The summed E-state index contributed by atoms with van der Waals surface area (Å²) >= 11 is 6.01. The molecule has 0 radical (unpaired) electrons. The van der Waals surface area contributed by atoms with Crippen molar-refractivity contribution in [2.45, 2.75) is 12.8 Å². The van der Waals surface area contributed by atoms with Crippen LogP contribution in [0, 0.1) is 0 Å². The molecule has 0 bridgehead atoms. The number of hydrogen-bond acceptors (Lipinski definition) is 3. The van der Waals surface area contributed by atoms with Crippen LogP contribution in [-0.4, -0.2) is 24.4 Å². The lowest BCUT2D eigenvalue weighted by molar-refractivity contribution is 0.789.